The van der Waals surface area contributed by atoms with Crippen molar-refractivity contribution in [3.05, 3.63) is 46.6 Å². The monoisotopic (exact) mass is 375 g/mol. The van der Waals surface area contributed by atoms with E-state index in [0.29, 0.717) is 41.1 Å². The third kappa shape index (κ3) is 3.01. The third-order valence-electron chi connectivity index (χ3n) is 4.09. The predicted octanol–water partition coefficient (Wildman–Crippen LogP) is 3.98. The smallest absolute Gasteiger partial charge is 0.232 e. The molecule has 25 heavy (non-hydrogen) atoms. The average molecular weight is 376 g/mol. The lowest BCUT2D eigenvalue weighted by Gasteiger charge is -2.19. The van der Waals surface area contributed by atoms with Gasteiger partial charge in [-0.2, -0.15) is 4.98 Å². The lowest BCUT2D eigenvalue weighted by atomic mass is 10.1. The molecule has 2 aromatic heterocycles. The van der Waals surface area contributed by atoms with Crippen molar-refractivity contribution in [2.75, 3.05) is 18.6 Å². The van der Waals surface area contributed by atoms with Crippen LogP contribution in [0.1, 0.15) is 18.2 Å². The number of aromatic nitrogens is 2. The number of carbonyl (C=O) groups excluding carboxylic acids is 1. The van der Waals surface area contributed by atoms with Gasteiger partial charge in [0.25, 0.3) is 0 Å². The maximum Gasteiger partial charge on any atom is 0.232 e. The molecule has 1 atom stereocenters. The van der Waals surface area contributed by atoms with Crippen molar-refractivity contribution in [2.45, 2.75) is 12.3 Å². The van der Waals surface area contributed by atoms with E-state index in [0.717, 1.165) is 4.88 Å². The van der Waals surface area contributed by atoms with Crippen LogP contribution >= 0.6 is 22.9 Å². The highest BCUT2D eigenvalue weighted by molar-refractivity contribution is 7.13. The molecule has 1 aliphatic heterocycles. The Morgan fingerprint density at radius 3 is 3.04 bits per heavy atom. The Kier molecular flexibility index (Phi) is 4.19. The highest BCUT2D eigenvalue weighted by atomic mass is 35.5. The molecule has 0 bridgehead atoms. The van der Waals surface area contributed by atoms with Crippen molar-refractivity contribution < 1.29 is 14.1 Å². The number of ether oxygens (including phenoxy) is 1. The molecular weight excluding hydrogens is 362 g/mol. The van der Waals surface area contributed by atoms with Crippen LogP contribution in [0.2, 0.25) is 5.02 Å². The number of benzene rings is 1. The molecule has 0 spiro atoms. The van der Waals surface area contributed by atoms with Crippen molar-refractivity contribution in [1.29, 1.82) is 0 Å². The van der Waals surface area contributed by atoms with Crippen molar-refractivity contribution in [3.8, 4) is 16.5 Å². The average Bonchev–Trinajstić information content (AvgIpc) is 3.34. The fraction of sp³-hybridized carbons (Fsp3) is 0.235. The van der Waals surface area contributed by atoms with Crippen molar-refractivity contribution in [2.24, 2.45) is 0 Å². The Morgan fingerprint density at radius 1 is 1.40 bits per heavy atom. The highest BCUT2D eigenvalue weighted by Crippen LogP contribution is 2.38. The molecule has 1 aliphatic rings. The summed E-state index contributed by atoms with van der Waals surface area (Å²) in [4.78, 5) is 19.6. The number of methoxy groups -OCH3 is 1. The summed E-state index contributed by atoms with van der Waals surface area (Å²) < 4.78 is 10.7. The Bertz CT molecular complexity index is 910. The second-order valence-electron chi connectivity index (χ2n) is 5.66. The molecule has 128 valence electrons. The molecule has 1 saturated heterocycles. The first kappa shape index (κ1) is 16.1. The van der Waals surface area contributed by atoms with Gasteiger partial charge in [-0.1, -0.05) is 22.8 Å². The van der Waals surface area contributed by atoms with Gasteiger partial charge in [-0.3, -0.25) is 4.79 Å². The number of carbonyl (C=O) groups is 1. The van der Waals surface area contributed by atoms with E-state index in [1.807, 2.05) is 17.5 Å². The molecule has 1 unspecified atom stereocenters. The summed E-state index contributed by atoms with van der Waals surface area (Å²) in [6.45, 7) is 0.446. The predicted molar refractivity (Wildman–Crippen MR) is 95.3 cm³/mol. The standard InChI is InChI=1S/C17H14ClN3O3S/c1-23-13-5-4-11(18)8-12(13)21-9-10(7-15(21)22)17-19-16(20-24-17)14-3-2-6-25-14/h2-6,8,10H,7,9H2,1H3. The lowest BCUT2D eigenvalue weighted by Crippen LogP contribution is -2.24. The van der Waals surface area contributed by atoms with E-state index in [1.165, 1.54) is 0 Å². The van der Waals surface area contributed by atoms with Gasteiger partial charge in [0.05, 0.1) is 23.6 Å². The molecule has 0 aliphatic carbocycles. The number of halogens is 1. The number of nitrogens with zero attached hydrogens (tertiary/aromatic N) is 3. The second kappa shape index (κ2) is 6.50. The summed E-state index contributed by atoms with van der Waals surface area (Å²) in [5.74, 6) is 1.44. The first-order valence-corrected chi connectivity index (χ1v) is 8.93. The van der Waals surface area contributed by atoms with Gasteiger partial charge in [-0.05, 0) is 29.6 Å². The van der Waals surface area contributed by atoms with Gasteiger partial charge in [0.2, 0.25) is 17.6 Å². The van der Waals surface area contributed by atoms with E-state index in [9.17, 15) is 4.79 Å². The zero-order valence-electron chi connectivity index (χ0n) is 13.3. The Balaban J connectivity index is 1.60. The Labute approximate surface area is 153 Å². The van der Waals surface area contributed by atoms with Gasteiger partial charge in [0.15, 0.2) is 0 Å². The molecule has 3 aromatic rings. The fourth-order valence-electron chi connectivity index (χ4n) is 2.89. The van der Waals surface area contributed by atoms with Crippen LogP contribution in [0.3, 0.4) is 0 Å². The third-order valence-corrected chi connectivity index (χ3v) is 5.19. The molecule has 8 heteroatoms. The molecule has 0 N–H and O–H groups in total. The lowest BCUT2D eigenvalue weighted by molar-refractivity contribution is -0.117. The van der Waals surface area contributed by atoms with Crippen LogP contribution in [-0.2, 0) is 4.79 Å². The molecule has 1 fully saturated rings. The zero-order chi connectivity index (χ0) is 17.4. The molecule has 0 saturated carbocycles. The molecule has 3 heterocycles. The SMILES string of the molecule is COc1ccc(Cl)cc1N1CC(c2nc(-c3cccs3)no2)CC1=O. The quantitative estimate of drug-likeness (QED) is 0.689. The van der Waals surface area contributed by atoms with Crippen molar-refractivity contribution >= 4 is 34.5 Å². The Morgan fingerprint density at radius 2 is 2.28 bits per heavy atom. The number of rotatable bonds is 4. The topological polar surface area (TPSA) is 68.5 Å². The van der Waals surface area contributed by atoms with E-state index in [1.54, 1.807) is 41.5 Å². The number of hydrogen-bond acceptors (Lipinski definition) is 6. The minimum atomic E-state index is -0.155. The van der Waals surface area contributed by atoms with Gasteiger partial charge in [0.1, 0.15) is 5.75 Å². The van der Waals surface area contributed by atoms with Crippen LogP contribution in [0.15, 0.2) is 40.2 Å². The van der Waals surface area contributed by atoms with Gasteiger partial charge >= 0.3 is 0 Å². The number of hydrogen-bond donors (Lipinski definition) is 0. The van der Waals surface area contributed by atoms with E-state index in [4.69, 9.17) is 20.9 Å². The highest BCUT2D eigenvalue weighted by Gasteiger charge is 2.36. The molecule has 6 nitrogen and oxygen atoms in total. The summed E-state index contributed by atoms with van der Waals surface area (Å²) in [5, 5.41) is 6.52. The zero-order valence-corrected chi connectivity index (χ0v) is 14.9. The first-order chi connectivity index (χ1) is 12.2. The minimum absolute atomic E-state index is 0.0264. The molecule has 1 aromatic carbocycles. The summed E-state index contributed by atoms with van der Waals surface area (Å²) in [5.41, 5.74) is 0.653. The van der Waals surface area contributed by atoms with Crippen LogP contribution in [0.5, 0.6) is 5.75 Å². The van der Waals surface area contributed by atoms with Gasteiger partial charge in [-0.25, -0.2) is 0 Å². The van der Waals surface area contributed by atoms with Crippen LogP contribution in [0, 0.1) is 0 Å². The van der Waals surface area contributed by atoms with Crippen LogP contribution < -0.4 is 9.64 Å². The summed E-state index contributed by atoms with van der Waals surface area (Å²) in [6.07, 6.45) is 0.307. The maximum absolute atomic E-state index is 12.5. The number of thiophene rings is 1. The maximum atomic E-state index is 12.5. The van der Waals surface area contributed by atoms with E-state index >= 15 is 0 Å². The van der Waals surface area contributed by atoms with Crippen molar-refractivity contribution in [1.82, 2.24) is 10.1 Å². The van der Waals surface area contributed by atoms with Crippen LogP contribution in [0.4, 0.5) is 5.69 Å². The molecule has 0 radical (unpaired) electrons. The molecule has 4 rings (SSSR count). The number of anilines is 1. The second-order valence-corrected chi connectivity index (χ2v) is 7.04. The molecular formula is C17H14ClN3O3S. The number of amides is 1. The summed E-state index contributed by atoms with van der Waals surface area (Å²) >= 11 is 7.62. The van der Waals surface area contributed by atoms with E-state index in [2.05, 4.69) is 10.1 Å². The van der Waals surface area contributed by atoms with Crippen molar-refractivity contribution in [3.63, 3.8) is 0 Å². The van der Waals surface area contributed by atoms with E-state index in [-0.39, 0.29) is 11.8 Å². The largest absolute Gasteiger partial charge is 0.495 e. The van der Waals surface area contributed by atoms with Gasteiger partial charge in [-0.15, -0.1) is 11.3 Å². The van der Waals surface area contributed by atoms with Crippen LogP contribution in [-0.4, -0.2) is 29.7 Å². The van der Waals surface area contributed by atoms with Gasteiger partial charge < -0.3 is 14.2 Å². The van der Waals surface area contributed by atoms with Gasteiger partial charge in [0, 0.05) is 18.0 Å². The van der Waals surface area contributed by atoms with E-state index < -0.39 is 0 Å². The summed E-state index contributed by atoms with van der Waals surface area (Å²) in [6, 6.07) is 9.07. The minimum Gasteiger partial charge on any atom is -0.495 e. The Hall–Kier alpha value is -2.38. The van der Waals surface area contributed by atoms with Crippen LogP contribution in [0.25, 0.3) is 10.7 Å². The first-order valence-electron chi connectivity index (χ1n) is 7.67. The normalized spacial score (nSPS) is 17.3. The summed E-state index contributed by atoms with van der Waals surface area (Å²) in [7, 11) is 1.57. The molecule has 1 amide bonds. The fourth-order valence-corrected chi connectivity index (χ4v) is 3.70.